The number of nitrogens with one attached hydrogen (secondary N) is 1. The number of hydrogen-bond acceptors (Lipinski definition) is 3. The lowest BCUT2D eigenvalue weighted by molar-refractivity contribution is -0.125. The van der Waals surface area contributed by atoms with E-state index in [9.17, 15) is 4.79 Å². The van der Waals surface area contributed by atoms with Crippen molar-refractivity contribution in [1.82, 2.24) is 14.9 Å². The number of aryl methyl sites for hydroxylation is 1. The number of benzene rings is 1. The molecule has 1 unspecified atom stereocenters. The van der Waals surface area contributed by atoms with Gasteiger partial charge in [-0.15, -0.1) is 24.8 Å². The predicted octanol–water partition coefficient (Wildman–Crippen LogP) is 2.33. The summed E-state index contributed by atoms with van der Waals surface area (Å²) < 4.78 is 1.99. The van der Waals surface area contributed by atoms with Gasteiger partial charge in [0.05, 0.1) is 22.6 Å². The molecule has 0 aliphatic heterocycles. The molecule has 2 rings (SSSR count). The molecule has 2 aromatic rings. The molecule has 1 aromatic heterocycles. The summed E-state index contributed by atoms with van der Waals surface area (Å²) in [6.45, 7) is 5.28. The molecule has 0 radical (unpaired) electrons. The van der Waals surface area contributed by atoms with Crippen LogP contribution in [0.1, 0.15) is 32.6 Å². The highest BCUT2D eigenvalue weighted by atomic mass is 35.5. The summed E-state index contributed by atoms with van der Waals surface area (Å²) in [5, 5.41) is 2.89. The van der Waals surface area contributed by atoms with Gasteiger partial charge in [0.1, 0.15) is 5.82 Å². The Balaban J connectivity index is 0.00000200. The lowest BCUT2D eigenvalue weighted by atomic mass is 10.1. The van der Waals surface area contributed by atoms with E-state index in [0.717, 1.165) is 16.9 Å². The number of rotatable bonds is 3. The van der Waals surface area contributed by atoms with E-state index in [0.29, 0.717) is 0 Å². The van der Waals surface area contributed by atoms with Crippen LogP contribution in [-0.2, 0) is 11.8 Å². The van der Waals surface area contributed by atoms with Gasteiger partial charge in [0.2, 0.25) is 5.91 Å². The average molecular weight is 333 g/mol. The van der Waals surface area contributed by atoms with Crippen LogP contribution in [0.4, 0.5) is 0 Å². The Bertz CT molecular complexity index is 619. The summed E-state index contributed by atoms with van der Waals surface area (Å²) in [5.74, 6) is 0.630. The van der Waals surface area contributed by atoms with E-state index >= 15 is 0 Å². The number of fused-ring (bicyclic) bond motifs is 1. The average Bonchev–Trinajstić information content (AvgIpc) is 2.66. The van der Waals surface area contributed by atoms with Crippen molar-refractivity contribution >= 4 is 41.8 Å². The second-order valence-electron chi connectivity index (χ2n) is 5.43. The van der Waals surface area contributed by atoms with Gasteiger partial charge in [0.15, 0.2) is 0 Å². The van der Waals surface area contributed by atoms with E-state index in [-0.39, 0.29) is 36.8 Å². The first-order valence-electron chi connectivity index (χ1n) is 6.32. The molecule has 118 valence electrons. The molecule has 7 heteroatoms. The van der Waals surface area contributed by atoms with Crippen molar-refractivity contribution < 1.29 is 4.79 Å². The Morgan fingerprint density at radius 2 is 1.90 bits per heavy atom. The first-order chi connectivity index (χ1) is 8.80. The molecule has 0 fully saturated rings. The number of halogens is 2. The van der Waals surface area contributed by atoms with Crippen LogP contribution in [0, 0.1) is 0 Å². The maximum atomic E-state index is 11.9. The third-order valence-electron chi connectivity index (χ3n) is 3.14. The molecule has 1 heterocycles. The molecule has 21 heavy (non-hydrogen) atoms. The molecule has 0 saturated carbocycles. The minimum absolute atomic E-state index is 0. The van der Waals surface area contributed by atoms with Gasteiger partial charge < -0.3 is 15.6 Å². The minimum atomic E-state index is -0.890. The molecule has 1 aromatic carbocycles. The number of nitrogens with two attached hydrogens (primary N) is 1. The molecule has 0 saturated heterocycles. The molecule has 0 aliphatic carbocycles. The van der Waals surface area contributed by atoms with E-state index in [1.165, 1.54) is 0 Å². The van der Waals surface area contributed by atoms with Crippen molar-refractivity contribution in [3.05, 3.63) is 30.1 Å². The number of aromatic nitrogens is 2. The Labute approximate surface area is 137 Å². The molecule has 1 atom stereocenters. The fraction of sp³-hybridized carbons (Fsp3) is 0.429. The van der Waals surface area contributed by atoms with Crippen LogP contribution in [-0.4, -0.2) is 21.0 Å². The van der Waals surface area contributed by atoms with E-state index < -0.39 is 5.54 Å². The van der Waals surface area contributed by atoms with Gasteiger partial charge in [-0.25, -0.2) is 4.98 Å². The summed E-state index contributed by atoms with van der Waals surface area (Å²) in [7, 11) is 1.95. The van der Waals surface area contributed by atoms with Crippen LogP contribution in [0.2, 0.25) is 0 Å². The highest BCUT2D eigenvalue weighted by Gasteiger charge is 2.25. The highest BCUT2D eigenvalue weighted by Crippen LogP contribution is 2.19. The van der Waals surface area contributed by atoms with Gasteiger partial charge in [0.25, 0.3) is 0 Å². The smallest absolute Gasteiger partial charge is 0.240 e. The fourth-order valence-electron chi connectivity index (χ4n) is 2.00. The quantitative estimate of drug-likeness (QED) is 0.905. The van der Waals surface area contributed by atoms with Crippen molar-refractivity contribution in [3.8, 4) is 0 Å². The summed E-state index contributed by atoms with van der Waals surface area (Å²) >= 11 is 0. The molecular weight excluding hydrogens is 311 g/mol. The monoisotopic (exact) mass is 332 g/mol. The summed E-state index contributed by atoms with van der Waals surface area (Å²) in [6.07, 6.45) is 0. The van der Waals surface area contributed by atoms with Gasteiger partial charge >= 0.3 is 0 Å². The molecule has 5 nitrogen and oxygen atoms in total. The van der Waals surface area contributed by atoms with Crippen LogP contribution >= 0.6 is 24.8 Å². The van der Waals surface area contributed by atoms with Crippen LogP contribution in [0.15, 0.2) is 24.3 Å². The first-order valence-corrected chi connectivity index (χ1v) is 6.32. The maximum Gasteiger partial charge on any atom is 0.240 e. The minimum Gasteiger partial charge on any atom is -0.345 e. The van der Waals surface area contributed by atoms with Crippen LogP contribution < -0.4 is 11.1 Å². The number of nitrogens with zero attached hydrogens (tertiary/aromatic N) is 2. The zero-order chi connectivity index (χ0) is 14.2. The molecule has 0 aliphatic rings. The second-order valence-corrected chi connectivity index (χ2v) is 5.43. The third-order valence-corrected chi connectivity index (χ3v) is 3.14. The highest BCUT2D eigenvalue weighted by molar-refractivity contribution is 5.86. The van der Waals surface area contributed by atoms with E-state index in [4.69, 9.17) is 5.73 Å². The number of hydrogen-bond donors (Lipinski definition) is 2. The van der Waals surface area contributed by atoms with E-state index in [1.807, 2.05) is 42.8 Å². The van der Waals surface area contributed by atoms with Gasteiger partial charge in [0, 0.05) is 7.05 Å². The third kappa shape index (κ3) is 4.09. The van der Waals surface area contributed by atoms with E-state index in [1.54, 1.807) is 13.8 Å². The number of imidazole rings is 1. The number of carbonyl (C=O) groups is 1. The molecule has 3 N–H and O–H groups in total. The van der Waals surface area contributed by atoms with Gasteiger partial charge in [-0.3, -0.25) is 4.79 Å². The summed E-state index contributed by atoms with van der Waals surface area (Å²) in [4.78, 5) is 16.5. The largest absolute Gasteiger partial charge is 0.345 e. The molecule has 0 spiro atoms. The number of amides is 1. The number of para-hydroxylation sites is 2. The first kappa shape index (κ1) is 19.7. The Morgan fingerprint density at radius 3 is 2.43 bits per heavy atom. The van der Waals surface area contributed by atoms with Crippen LogP contribution in [0.3, 0.4) is 0 Å². The normalized spacial score (nSPS) is 12.2. The van der Waals surface area contributed by atoms with Crippen molar-refractivity contribution in [2.45, 2.75) is 32.4 Å². The lowest BCUT2D eigenvalue weighted by Crippen LogP contribution is -2.49. The lowest BCUT2D eigenvalue weighted by Gasteiger charge is -2.21. The Morgan fingerprint density at radius 1 is 1.33 bits per heavy atom. The standard InChI is InChI=1S/C14H20N4O.2ClH/c1-9(16-13(19)14(2,3)15)12-17-10-7-5-6-8-11(10)18(12)4;;/h5-9H,15H2,1-4H3,(H,16,19);2*1H. The zero-order valence-electron chi connectivity index (χ0n) is 12.6. The predicted molar refractivity (Wildman–Crippen MR) is 90.0 cm³/mol. The van der Waals surface area contributed by atoms with Crippen molar-refractivity contribution in [3.63, 3.8) is 0 Å². The Hall–Kier alpha value is -1.30. The topological polar surface area (TPSA) is 72.9 Å². The van der Waals surface area contributed by atoms with Gasteiger partial charge in [-0.2, -0.15) is 0 Å². The van der Waals surface area contributed by atoms with Crippen molar-refractivity contribution in [2.24, 2.45) is 12.8 Å². The Kier molecular flexibility index (Phi) is 6.67. The summed E-state index contributed by atoms with van der Waals surface area (Å²) in [6, 6.07) is 7.70. The van der Waals surface area contributed by atoms with Crippen molar-refractivity contribution in [2.75, 3.05) is 0 Å². The maximum absolute atomic E-state index is 11.9. The van der Waals surface area contributed by atoms with Crippen LogP contribution in [0.5, 0.6) is 0 Å². The summed E-state index contributed by atoms with van der Waals surface area (Å²) in [5.41, 5.74) is 6.86. The van der Waals surface area contributed by atoms with Gasteiger partial charge in [-0.05, 0) is 32.9 Å². The zero-order valence-corrected chi connectivity index (χ0v) is 14.2. The molecule has 0 bridgehead atoms. The van der Waals surface area contributed by atoms with E-state index in [2.05, 4.69) is 10.3 Å². The fourth-order valence-corrected chi connectivity index (χ4v) is 2.00. The molecular formula is C14H22Cl2N4O. The number of carbonyl (C=O) groups excluding carboxylic acids is 1. The van der Waals surface area contributed by atoms with Crippen LogP contribution in [0.25, 0.3) is 11.0 Å². The second kappa shape index (κ2) is 7.11. The SMILES string of the molecule is CC(NC(=O)C(C)(C)N)c1nc2ccccc2n1C.Cl.Cl. The molecule has 1 amide bonds. The van der Waals surface area contributed by atoms with Crippen molar-refractivity contribution in [1.29, 1.82) is 0 Å². The van der Waals surface area contributed by atoms with Gasteiger partial charge in [-0.1, -0.05) is 12.1 Å².